The van der Waals surface area contributed by atoms with Crippen LogP contribution < -0.4 is 0 Å². The predicted octanol–water partition coefficient (Wildman–Crippen LogP) is 5.02. The monoisotopic (exact) mass is 567 g/mol. The molecule has 11 nitrogen and oxygen atoms in total. The summed E-state index contributed by atoms with van der Waals surface area (Å²) in [6, 6.07) is -0.892. The van der Waals surface area contributed by atoms with E-state index < -0.39 is 40.7 Å². The Morgan fingerprint density at radius 1 is 0.725 bits per heavy atom. The van der Waals surface area contributed by atoms with Gasteiger partial charge in [-0.05, 0) is 94.8 Å². The number of carbonyl (C=O) groups is 3. The predicted molar refractivity (Wildman–Crippen MR) is 142 cm³/mol. The molecule has 0 bridgehead atoms. The van der Waals surface area contributed by atoms with Crippen molar-refractivity contribution >= 4 is 17.9 Å². The Balaban J connectivity index is 1.12. The van der Waals surface area contributed by atoms with E-state index in [1.54, 1.807) is 0 Å². The third-order valence-electron chi connectivity index (χ3n) is 9.99. The van der Waals surface area contributed by atoms with Gasteiger partial charge in [-0.1, -0.05) is 12.8 Å². The Labute approximate surface area is 235 Å². The van der Waals surface area contributed by atoms with Gasteiger partial charge in [0.05, 0.1) is 30.5 Å². The minimum atomic E-state index is -1.09. The van der Waals surface area contributed by atoms with E-state index in [-0.39, 0.29) is 43.3 Å². The van der Waals surface area contributed by atoms with Crippen LogP contribution in [0.15, 0.2) is 0 Å². The molecular formula is C29H45NO10. The van der Waals surface area contributed by atoms with Crippen molar-refractivity contribution in [2.24, 2.45) is 35.5 Å². The maximum absolute atomic E-state index is 12.8. The second-order valence-electron chi connectivity index (χ2n) is 12.6. The summed E-state index contributed by atoms with van der Waals surface area (Å²) >= 11 is 0. The number of rotatable bonds is 11. The van der Waals surface area contributed by atoms with Crippen molar-refractivity contribution in [1.29, 1.82) is 0 Å². The van der Waals surface area contributed by atoms with Crippen LogP contribution >= 0.6 is 0 Å². The number of nitro groups is 1. The number of carboxylic acids is 2. The number of hydrogen-bond donors (Lipinski definition) is 2. The van der Waals surface area contributed by atoms with Crippen molar-refractivity contribution in [3.05, 3.63) is 10.1 Å². The summed E-state index contributed by atoms with van der Waals surface area (Å²) in [6.45, 7) is 0.346. The molecular weight excluding hydrogens is 522 g/mol. The molecule has 5 atom stereocenters. The van der Waals surface area contributed by atoms with Gasteiger partial charge < -0.3 is 14.9 Å². The van der Waals surface area contributed by atoms with Crippen LogP contribution in [0.25, 0.3) is 0 Å². The average Bonchev–Trinajstić information content (AvgIpc) is 2.94. The van der Waals surface area contributed by atoms with E-state index in [0.29, 0.717) is 18.4 Å². The fourth-order valence-electron chi connectivity index (χ4n) is 7.52. The first kappa shape index (κ1) is 30.7. The molecule has 2 N–H and O–H groups in total. The third kappa shape index (κ3) is 8.38. The summed E-state index contributed by atoms with van der Waals surface area (Å²) in [4.78, 5) is 57.9. The number of nitrogens with zero attached hydrogens (tertiary/aromatic N) is 1. The molecule has 0 aromatic heterocycles. The van der Waals surface area contributed by atoms with Crippen molar-refractivity contribution in [1.82, 2.24) is 0 Å². The molecule has 0 aromatic carbocycles. The zero-order valence-corrected chi connectivity index (χ0v) is 23.3. The molecule has 4 fully saturated rings. The molecule has 4 rings (SSSR count). The molecule has 4 saturated carbocycles. The van der Waals surface area contributed by atoms with Gasteiger partial charge in [-0.2, -0.15) is 0 Å². The maximum atomic E-state index is 12.8. The first-order valence-electron chi connectivity index (χ1n) is 15.3. The SMILES string of the molecule is O=C(O)C1CCCCC1COOC1CCC(CC2CCC(OC(=O)C3CC([N+](=O)[O-])CCC3C(=O)O)CC2)CC1. The molecule has 4 aliphatic rings. The van der Waals surface area contributed by atoms with Gasteiger partial charge in [-0.15, -0.1) is 0 Å². The van der Waals surface area contributed by atoms with E-state index >= 15 is 0 Å². The minimum absolute atomic E-state index is 0.0243. The Hall–Kier alpha value is -2.27. The summed E-state index contributed by atoms with van der Waals surface area (Å²) < 4.78 is 5.70. The number of carboxylic acid groups (broad SMARTS) is 2. The van der Waals surface area contributed by atoms with Crippen molar-refractivity contribution < 1.29 is 44.0 Å². The van der Waals surface area contributed by atoms with Crippen LogP contribution in [0.2, 0.25) is 0 Å². The molecule has 0 saturated heterocycles. The minimum Gasteiger partial charge on any atom is -0.481 e. The molecule has 0 aromatic rings. The van der Waals surface area contributed by atoms with Gasteiger partial charge in [0.2, 0.25) is 6.04 Å². The molecule has 0 aliphatic heterocycles. The lowest BCUT2D eigenvalue weighted by atomic mass is 9.76. The van der Waals surface area contributed by atoms with Crippen LogP contribution in [0.1, 0.15) is 103 Å². The van der Waals surface area contributed by atoms with Crippen LogP contribution in [-0.4, -0.2) is 57.9 Å². The standard InChI is InChI=1S/C29H45NO10/c31-27(32)24-4-2-1-3-20(24)17-38-40-23-12-7-19(8-13-23)15-18-5-10-22(11-6-18)39-29(35)26-16-21(30(36)37)9-14-25(26)28(33)34/h18-26H,1-17H2,(H,31,32)(H,33,34). The lowest BCUT2D eigenvalue weighted by Crippen LogP contribution is -2.42. The highest BCUT2D eigenvalue weighted by Gasteiger charge is 2.45. The topological polar surface area (TPSA) is 162 Å². The fourth-order valence-corrected chi connectivity index (χ4v) is 7.52. The smallest absolute Gasteiger partial charge is 0.310 e. The zero-order chi connectivity index (χ0) is 28.6. The maximum Gasteiger partial charge on any atom is 0.310 e. The van der Waals surface area contributed by atoms with Crippen LogP contribution in [0, 0.1) is 45.6 Å². The first-order valence-corrected chi connectivity index (χ1v) is 15.3. The molecule has 226 valence electrons. The van der Waals surface area contributed by atoms with Gasteiger partial charge in [0, 0.05) is 17.8 Å². The molecule has 40 heavy (non-hydrogen) atoms. The van der Waals surface area contributed by atoms with E-state index in [2.05, 4.69) is 0 Å². The van der Waals surface area contributed by atoms with Crippen molar-refractivity contribution in [2.75, 3.05) is 6.61 Å². The highest BCUT2D eigenvalue weighted by atomic mass is 17.2. The summed E-state index contributed by atoms with van der Waals surface area (Å²) in [6.07, 6.45) is 12.2. The first-order chi connectivity index (χ1) is 19.2. The second-order valence-corrected chi connectivity index (χ2v) is 12.6. The van der Waals surface area contributed by atoms with Crippen molar-refractivity contribution in [2.45, 2.75) is 121 Å². The van der Waals surface area contributed by atoms with Gasteiger partial charge in [0.15, 0.2) is 0 Å². The lowest BCUT2D eigenvalue weighted by molar-refractivity contribution is -0.528. The summed E-state index contributed by atoms with van der Waals surface area (Å²) in [5.74, 6) is -3.41. The van der Waals surface area contributed by atoms with Gasteiger partial charge >= 0.3 is 17.9 Å². The van der Waals surface area contributed by atoms with E-state index in [4.69, 9.17) is 14.5 Å². The van der Waals surface area contributed by atoms with Crippen LogP contribution in [-0.2, 0) is 28.9 Å². The molecule has 4 aliphatic carbocycles. The summed E-state index contributed by atoms with van der Waals surface area (Å²) in [5.41, 5.74) is 0. The van der Waals surface area contributed by atoms with Gasteiger partial charge in [-0.25, -0.2) is 9.78 Å². The Kier molecular flexibility index (Phi) is 11.2. The molecule has 0 spiro atoms. The van der Waals surface area contributed by atoms with Crippen LogP contribution in [0.5, 0.6) is 0 Å². The van der Waals surface area contributed by atoms with E-state index in [0.717, 1.165) is 83.5 Å². The van der Waals surface area contributed by atoms with Crippen molar-refractivity contribution in [3.8, 4) is 0 Å². The Morgan fingerprint density at radius 3 is 1.93 bits per heavy atom. The van der Waals surface area contributed by atoms with Crippen molar-refractivity contribution in [3.63, 3.8) is 0 Å². The average molecular weight is 568 g/mol. The largest absolute Gasteiger partial charge is 0.481 e. The third-order valence-corrected chi connectivity index (χ3v) is 9.99. The summed E-state index contributed by atoms with van der Waals surface area (Å²) in [7, 11) is 0. The van der Waals surface area contributed by atoms with Gasteiger partial charge in [0.25, 0.3) is 0 Å². The highest BCUT2D eigenvalue weighted by molar-refractivity contribution is 5.81. The number of ether oxygens (including phenoxy) is 1. The number of carbonyl (C=O) groups excluding carboxylic acids is 1. The number of hydrogen-bond acceptors (Lipinski definition) is 8. The van der Waals surface area contributed by atoms with E-state index in [1.807, 2.05) is 0 Å². The molecule has 0 amide bonds. The second kappa shape index (κ2) is 14.6. The lowest BCUT2D eigenvalue weighted by Gasteiger charge is -2.35. The Bertz CT molecular complexity index is 880. The fraction of sp³-hybridized carbons (Fsp3) is 0.897. The number of aliphatic carboxylic acids is 2. The quantitative estimate of drug-likeness (QED) is 0.150. The number of esters is 1. The Morgan fingerprint density at radius 2 is 1.32 bits per heavy atom. The van der Waals surface area contributed by atoms with Gasteiger partial charge in [-0.3, -0.25) is 24.5 Å². The summed E-state index contributed by atoms with van der Waals surface area (Å²) in [5, 5.41) is 30.1. The molecule has 11 heteroatoms. The normalized spacial score (nSPS) is 36.9. The zero-order valence-electron chi connectivity index (χ0n) is 23.3. The molecule has 5 unspecified atom stereocenters. The molecule has 0 heterocycles. The molecule has 0 radical (unpaired) electrons. The van der Waals surface area contributed by atoms with E-state index in [9.17, 15) is 34.7 Å². The van der Waals surface area contributed by atoms with Gasteiger partial charge in [0.1, 0.15) is 6.10 Å². The van der Waals surface area contributed by atoms with Crippen LogP contribution in [0.3, 0.4) is 0 Å². The highest BCUT2D eigenvalue weighted by Crippen LogP contribution is 2.38. The van der Waals surface area contributed by atoms with E-state index in [1.165, 1.54) is 0 Å². The van der Waals surface area contributed by atoms with Crippen LogP contribution in [0.4, 0.5) is 0 Å².